The van der Waals surface area contributed by atoms with Crippen molar-refractivity contribution in [2.45, 2.75) is 77.4 Å². The Morgan fingerprint density at radius 2 is 1.71 bits per heavy atom. The summed E-state index contributed by atoms with van der Waals surface area (Å²) in [4.78, 5) is 12.5. The van der Waals surface area contributed by atoms with Crippen LogP contribution in [-0.2, 0) is 14.3 Å². The number of carbonyl (C=O) groups is 1. The minimum Gasteiger partial charge on any atom is -0.348 e. The molecule has 6 atom stereocenters. The Morgan fingerprint density at radius 3 is 2.50 bits per heavy atom. The van der Waals surface area contributed by atoms with Gasteiger partial charge in [0.15, 0.2) is 5.79 Å². The molecule has 1 saturated heterocycles. The van der Waals surface area contributed by atoms with Gasteiger partial charge in [0.25, 0.3) is 0 Å². The van der Waals surface area contributed by atoms with Crippen molar-refractivity contribution < 1.29 is 14.3 Å². The van der Waals surface area contributed by atoms with Crippen molar-refractivity contribution >= 4 is 5.78 Å². The first-order valence-corrected chi connectivity index (χ1v) is 10.3. The molecule has 4 saturated carbocycles. The van der Waals surface area contributed by atoms with Gasteiger partial charge in [-0.25, -0.2) is 0 Å². The van der Waals surface area contributed by atoms with Crippen molar-refractivity contribution in [3.63, 3.8) is 0 Å². The molecule has 0 aromatic heterocycles. The molecular weight excluding hydrogens is 300 g/mol. The molecule has 134 valence electrons. The Hall–Kier alpha value is -0.410. The summed E-state index contributed by atoms with van der Waals surface area (Å²) >= 11 is 0. The van der Waals surface area contributed by atoms with Gasteiger partial charge in [-0.3, -0.25) is 4.79 Å². The first kappa shape index (κ1) is 15.8. The fourth-order valence-corrected chi connectivity index (χ4v) is 7.73. The Balaban J connectivity index is 1.42. The first-order valence-electron chi connectivity index (χ1n) is 10.3. The van der Waals surface area contributed by atoms with Crippen molar-refractivity contribution in [2.24, 2.45) is 34.5 Å². The van der Waals surface area contributed by atoms with E-state index >= 15 is 0 Å². The van der Waals surface area contributed by atoms with Gasteiger partial charge in [0.05, 0.1) is 13.2 Å². The highest BCUT2D eigenvalue weighted by atomic mass is 16.7. The number of Topliss-reactive ketones (excluding diaryl/α,β-unsaturated/α-hetero) is 1. The monoisotopic (exact) mass is 332 g/mol. The molecule has 0 unspecified atom stereocenters. The molecule has 0 aromatic carbocycles. The molecule has 3 nitrogen and oxygen atoms in total. The summed E-state index contributed by atoms with van der Waals surface area (Å²) < 4.78 is 12.1. The normalized spacial score (nSPS) is 52.8. The first-order chi connectivity index (χ1) is 11.5. The highest BCUT2D eigenvalue weighted by Crippen LogP contribution is 2.66. The molecule has 0 aromatic rings. The lowest BCUT2D eigenvalue weighted by Gasteiger charge is -2.61. The quantitative estimate of drug-likeness (QED) is 0.662. The van der Waals surface area contributed by atoms with Crippen LogP contribution in [0.3, 0.4) is 0 Å². The number of carbonyl (C=O) groups excluding carboxylic acids is 1. The van der Waals surface area contributed by atoms with E-state index in [1.54, 1.807) is 0 Å². The number of ether oxygens (including phenoxy) is 2. The van der Waals surface area contributed by atoms with Crippen LogP contribution in [0.5, 0.6) is 0 Å². The molecule has 0 N–H and O–H groups in total. The van der Waals surface area contributed by atoms with Gasteiger partial charge >= 0.3 is 0 Å². The Kier molecular flexibility index (Phi) is 3.34. The summed E-state index contributed by atoms with van der Waals surface area (Å²) in [7, 11) is 0. The molecule has 24 heavy (non-hydrogen) atoms. The summed E-state index contributed by atoms with van der Waals surface area (Å²) in [5.74, 6) is 3.33. The highest BCUT2D eigenvalue weighted by Gasteiger charge is 2.62. The molecule has 5 fully saturated rings. The lowest BCUT2D eigenvalue weighted by atomic mass is 9.45. The van der Waals surface area contributed by atoms with Gasteiger partial charge in [-0.05, 0) is 67.6 Å². The maximum Gasteiger partial charge on any atom is 0.168 e. The lowest BCUT2D eigenvalue weighted by molar-refractivity contribution is -0.228. The SMILES string of the molecule is C[C@]12CCC3(C[C@@H]1CC[C@@H]1[C@@H]2CC[C@]2(C)C(=O)CC[C@@H]12)OCCO3. The van der Waals surface area contributed by atoms with Crippen LogP contribution < -0.4 is 0 Å². The highest BCUT2D eigenvalue weighted by molar-refractivity contribution is 5.87. The average molecular weight is 332 g/mol. The van der Waals surface area contributed by atoms with Crippen LogP contribution in [0.1, 0.15) is 71.6 Å². The summed E-state index contributed by atoms with van der Waals surface area (Å²) in [5.41, 5.74) is 0.453. The van der Waals surface area contributed by atoms with E-state index in [0.717, 1.165) is 63.1 Å². The second kappa shape index (κ2) is 5.07. The van der Waals surface area contributed by atoms with Gasteiger partial charge in [-0.1, -0.05) is 13.8 Å². The fraction of sp³-hybridized carbons (Fsp3) is 0.952. The van der Waals surface area contributed by atoms with Crippen LogP contribution in [0, 0.1) is 34.5 Å². The second-order valence-electron chi connectivity index (χ2n) is 9.89. The Bertz CT molecular complexity index is 551. The average Bonchev–Trinajstić information content (AvgIpc) is 3.14. The zero-order valence-electron chi connectivity index (χ0n) is 15.3. The Labute approximate surface area is 145 Å². The van der Waals surface area contributed by atoms with Gasteiger partial charge < -0.3 is 9.47 Å². The molecule has 1 spiro atoms. The largest absolute Gasteiger partial charge is 0.348 e. The minimum absolute atomic E-state index is 0.0118. The molecule has 1 aliphatic heterocycles. The number of hydrogen-bond acceptors (Lipinski definition) is 3. The summed E-state index contributed by atoms with van der Waals surface area (Å²) in [6.45, 7) is 6.40. The molecule has 0 amide bonds. The topological polar surface area (TPSA) is 35.5 Å². The molecule has 1 heterocycles. The van der Waals surface area contributed by atoms with Gasteiger partial charge in [-0.2, -0.15) is 0 Å². The van der Waals surface area contributed by atoms with Crippen molar-refractivity contribution in [1.29, 1.82) is 0 Å². The smallest absolute Gasteiger partial charge is 0.168 e. The molecule has 0 radical (unpaired) electrons. The second-order valence-corrected chi connectivity index (χ2v) is 9.89. The van der Waals surface area contributed by atoms with Crippen LogP contribution in [0.25, 0.3) is 0 Å². The fourth-order valence-electron chi connectivity index (χ4n) is 7.73. The third-order valence-corrected chi connectivity index (χ3v) is 9.19. The van der Waals surface area contributed by atoms with Crippen LogP contribution in [0.15, 0.2) is 0 Å². The van der Waals surface area contributed by atoms with Gasteiger partial charge in [0.2, 0.25) is 0 Å². The van der Waals surface area contributed by atoms with Crippen LogP contribution in [-0.4, -0.2) is 24.8 Å². The number of rotatable bonds is 0. The lowest BCUT2D eigenvalue weighted by Crippen LogP contribution is -2.56. The summed E-state index contributed by atoms with van der Waals surface area (Å²) in [6.07, 6.45) is 10.5. The third-order valence-electron chi connectivity index (χ3n) is 9.19. The maximum absolute atomic E-state index is 12.5. The number of hydrogen-bond donors (Lipinski definition) is 0. The van der Waals surface area contributed by atoms with Crippen molar-refractivity contribution in [3.8, 4) is 0 Å². The number of fused-ring (bicyclic) bond motifs is 5. The van der Waals surface area contributed by atoms with E-state index in [4.69, 9.17) is 9.47 Å². The zero-order chi connectivity index (χ0) is 16.6. The Morgan fingerprint density at radius 1 is 0.917 bits per heavy atom. The maximum atomic E-state index is 12.5. The van der Waals surface area contributed by atoms with E-state index in [1.807, 2.05) is 0 Å². The van der Waals surface area contributed by atoms with E-state index in [0.29, 0.717) is 17.1 Å². The van der Waals surface area contributed by atoms with Crippen molar-refractivity contribution in [3.05, 3.63) is 0 Å². The van der Waals surface area contributed by atoms with Gasteiger partial charge in [-0.15, -0.1) is 0 Å². The molecule has 5 aliphatic rings. The van der Waals surface area contributed by atoms with Gasteiger partial charge in [0.1, 0.15) is 5.78 Å². The summed E-state index contributed by atoms with van der Waals surface area (Å²) in [6, 6.07) is 0. The van der Waals surface area contributed by atoms with Crippen LogP contribution >= 0.6 is 0 Å². The van der Waals surface area contributed by atoms with E-state index in [9.17, 15) is 4.79 Å². The van der Waals surface area contributed by atoms with E-state index in [1.165, 1.54) is 25.7 Å². The minimum atomic E-state index is -0.247. The standard InChI is InChI=1S/C21H32O3/c1-19-9-10-21(23-11-12-24-21)13-14(19)3-4-15-16-5-6-18(22)20(16,2)8-7-17(15)19/h14-17H,3-13H2,1-2H3/t14-,15-,16-,17-,19-,20-/m0/s1. The molecule has 3 heteroatoms. The van der Waals surface area contributed by atoms with Crippen molar-refractivity contribution in [1.82, 2.24) is 0 Å². The predicted octanol–water partition coefficient (Wildman–Crippen LogP) is 4.34. The number of ketones is 1. The van der Waals surface area contributed by atoms with Crippen LogP contribution in [0.4, 0.5) is 0 Å². The summed E-state index contributed by atoms with van der Waals surface area (Å²) in [5, 5.41) is 0. The zero-order valence-corrected chi connectivity index (χ0v) is 15.3. The predicted molar refractivity (Wildman–Crippen MR) is 91.4 cm³/mol. The molecule has 0 bridgehead atoms. The molecule has 4 aliphatic carbocycles. The third kappa shape index (κ3) is 1.95. The molecular formula is C21H32O3. The van der Waals surface area contributed by atoms with Crippen molar-refractivity contribution in [2.75, 3.05) is 13.2 Å². The van der Waals surface area contributed by atoms with Gasteiger partial charge in [0, 0.05) is 24.7 Å². The van der Waals surface area contributed by atoms with E-state index < -0.39 is 0 Å². The van der Waals surface area contributed by atoms with E-state index in [-0.39, 0.29) is 11.2 Å². The molecule has 5 rings (SSSR count). The van der Waals surface area contributed by atoms with E-state index in [2.05, 4.69) is 13.8 Å². The van der Waals surface area contributed by atoms with Crippen LogP contribution in [0.2, 0.25) is 0 Å².